The van der Waals surface area contributed by atoms with Crippen molar-refractivity contribution in [1.82, 2.24) is 4.90 Å². The number of carbonyl (C=O) groups excluding carboxylic acids is 2. The average molecular weight is 312 g/mol. The molecule has 22 heavy (non-hydrogen) atoms. The molecule has 2 N–H and O–H groups in total. The largest absolute Gasteiger partial charge is 0.392 e. The van der Waals surface area contributed by atoms with Crippen molar-refractivity contribution in [3.05, 3.63) is 29.8 Å². The number of amides is 2. The number of rotatable bonds is 4. The van der Waals surface area contributed by atoms with E-state index in [-0.39, 0.29) is 18.1 Å². The van der Waals surface area contributed by atoms with Gasteiger partial charge in [0, 0.05) is 18.8 Å². The number of anilines is 1. The first-order valence-corrected chi connectivity index (χ1v) is 7.06. The summed E-state index contributed by atoms with van der Waals surface area (Å²) in [4.78, 5) is 25.2. The van der Waals surface area contributed by atoms with Crippen molar-refractivity contribution >= 4 is 17.5 Å². The van der Waals surface area contributed by atoms with Gasteiger partial charge in [-0.2, -0.15) is 0 Å². The summed E-state index contributed by atoms with van der Waals surface area (Å²) in [5.74, 6) is -2.94. The number of halogens is 2. The zero-order valence-electron chi connectivity index (χ0n) is 12.2. The molecule has 1 saturated carbocycles. The first-order valence-electron chi connectivity index (χ1n) is 7.06. The molecule has 7 heteroatoms. The second-order valence-corrected chi connectivity index (χ2v) is 5.51. The highest BCUT2D eigenvalue weighted by atomic mass is 19.1. The highest BCUT2D eigenvalue weighted by Crippen LogP contribution is 2.26. The molecule has 120 valence electrons. The van der Waals surface area contributed by atoms with Gasteiger partial charge in [-0.1, -0.05) is 0 Å². The number of aliphatic hydroxyl groups is 1. The van der Waals surface area contributed by atoms with Gasteiger partial charge in [-0.15, -0.1) is 0 Å². The van der Waals surface area contributed by atoms with Crippen molar-refractivity contribution in [3.63, 3.8) is 0 Å². The lowest BCUT2D eigenvalue weighted by molar-refractivity contribution is -0.139. The fraction of sp³-hybridized carbons (Fsp3) is 0.467. The standard InChI is InChI=1S/C15H18F2N2O3/c1-19(15(22)12-3-2-4-13(12)20)8-14(21)18-11-6-9(16)5-10(17)7-11/h5-7,12-13,20H,2-4,8H2,1H3,(H,18,21). The second kappa shape index (κ2) is 6.83. The van der Waals surface area contributed by atoms with E-state index >= 15 is 0 Å². The molecule has 0 aromatic heterocycles. The van der Waals surface area contributed by atoms with Gasteiger partial charge in [0.1, 0.15) is 11.6 Å². The van der Waals surface area contributed by atoms with Gasteiger partial charge in [-0.05, 0) is 31.4 Å². The Hall–Kier alpha value is -2.02. The summed E-state index contributed by atoms with van der Waals surface area (Å²) in [7, 11) is 1.46. The van der Waals surface area contributed by atoms with Crippen LogP contribution in [0, 0.1) is 17.6 Å². The van der Waals surface area contributed by atoms with Crippen molar-refractivity contribution in [2.75, 3.05) is 18.9 Å². The lowest BCUT2D eigenvalue weighted by Gasteiger charge is -2.22. The van der Waals surface area contributed by atoms with E-state index in [1.165, 1.54) is 11.9 Å². The molecule has 0 heterocycles. The minimum Gasteiger partial charge on any atom is -0.392 e. The van der Waals surface area contributed by atoms with Crippen LogP contribution in [0.15, 0.2) is 18.2 Å². The molecule has 1 aliphatic rings. The summed E-state index contributed by atoms with van der Waals surface area (Å²) in [5, 5.41) is 12.0. The summed E-state index contributed by atoms with van der Waals surface area (Å²) in [6.07, 6.45) is 1.29. The Morgan fingerprint density at radius 2 is 1.91 bits per heavy atom. The number of benzene rings is 1. The van der Waals surface area contributed by atoms with E-state index in [4.69, 9.17) is 0 Å². The summed E-state index contributed by atoms with van der Waals surface area (Å²) in [6, 6.07) is 2.68. The maximum atomic E-state index is 13.0. The Bertz CT molecular complexity index is 560. The Kier molecular flexibility index (Phi) is 5.07. The van der Waals surface area contributed by atoms with E-state index in [1.807, 2.05) is 0 Å². The maximum absolute atomic E-state index is 13.0. The third-order valence-corrected chi connectivity index (χ3v) is 3.70. The van der Waals surface area contributed by atoms with Gasteiger partial charge in [0.15, 0.2) is 0 Å². The molecular formula is C15H18F2N2O3. The van der Waals surface area contributed by atoms with Gasteiger partial charge in [-0.25, -0.2) is 8.78 Å². The monoisotopic (exact) mass is 312 g/mol. The summed E-state index contributed by atoms with van der Waals surface area (Å²) in [6.45, 7) is -0.250. The maximum Gasteiger partial charge on any atom is 0.243 e. The SMILES string of the molecule is CN(CC(=O)Nc1cc(F)cc(F)c1)C(=O)C1CCCC1O. The van der Waals surface area contributed by atoms with Gasteiger partial charge in [0.05, 0.1) is 18.6 Å². The Morgan fingerprint density at radius 3 is 2.45 bits per heavy atom. The van der Waals surface area contributed by atoms with Gasteiger partial charge in [-0.3, -0.25) is 9.59 Å². The zero-order valence-corrected chi connectivity index (χ0v) is 12.2. The van der Waals surface area contributed by atoms with E-state index in [0.29, 0.717) is 18.9 Å². The number of aliphatic hydroxyl groups excluding tert-OH is 1. The number of nitrogens with one attached hydrogen (secondary N) is 1. The van der Waals surface area contributed by atoms with E-state index < -0.39 is 29.6 Å². The van der Waals surface area contributed by atoms with Crippen LogP contribution >= 0.6 is 0 Å². The topological polar surface area (TPSA) is 69.6 Å². The lowest BCUT2D eigenvalue weighted by atomic mass is 10.0. The number of hydrogen-bond donors (Lipinski definition) is 2. The quantitative estimate of drug-likeness (QED) is 0.886. The van der Waals surface area contributed by atoms with Crippen molar-refractivity contribution in [1.29, 1.82) is 0 Å². The highest BCUT2D eigenvalue weighted by molar-refractivity contribution is 5.94. The normalized spacial score (nSPS) is 20.7. The second-order valence-electron chi connectivity index (χ2n) is 5.51. The van der Waals surface area contributed by atoms with Crippen LogP contribution in [0.5, 0.6) is 0 Å². The van der Waals surface area contributed by atoms with Crippen LogP contribution < -0.4 is 5.32 Å². The molecule has 0 saturated heterocycles. The van der Waals surface area contributed by atoms with Crippen LogP contribution in [0.4, 0.5) is 14.5 Å². The summed E-state index contributed by atoms with van der Waals surface area (Å²) >= 11 is 0. The van der Waals surface area contributed by atoms with E-state index in [0.717, 1.165) is 18.6 Å². The fourth-order valence-corrected chi connectivity index (χ4v) is 2.63. The Labute approximate surface area is 126 Å². The van der Waals surface area contributed by atoms with E-state index in [2.05, 4.69) is 5.32 Å². The van der Waals surface area contributed by atoms with Gasteiger partial charge < -0.3 is 15.3 Å². The molecule has 2 atom stereocenters. The lowest BCUT2D eigenvalue weighted by Crippen LogP contribution is -2.40. The van der Waals surface area contributed by atoms with Crippen molar-refractivity contribution in [2.45, 2.75) is 25.4 Å². The number of nitrogens with zero attached hydrogens (tertiary/aromatic N) is 1. The van der Waals surface area contributed by atoms with Crippen LogP contribution in [0.1, 0.15) is 19.3 Å². The molecule has 0 bridgehead atoms. The van der Waals surface area contributed by atoms with Crippen molar-refractivity contribution < 1.29 is 23.5 Å². The van der Waals surface area contributed by atoms with Crippen LogP contribution in [0.3, 0.4) is 0 Å². The molecule has 2 unspecified atom stereocenters. The molecule has 0 aliphatic heterocycles. The van der Waals surface area contributed by atoms with Gasteiger partial charge in [0.2, 0.25) is 11.8 Å². The van der Waals surface area contributed by atoms with E-state index in [9.17, 15) is 23.5 Å². The predicted octanol–water partition coefficient (Wildman–Crippen LogP) is 1.52. The minimum absolute atomic E-state index is 0.00995. The van der Waals surface area contributed by atoms with Crippen LogP contribution in [-0.4, -0.2) is 41.5 Å². The molecule has 1 aromatic rings. The number of hydrogen-bond acceptors (Lipinski definition) is 3. The molecule has 1 aliphatic carbocycles. The van der Waals surface area contributed by atoms with Crippen molar-refractivity contribution in [2.24, 2.45) is 5.92 Å². The average Bonchev–Trinajstić information content (AvgIpc) is 2.82. The molecule has 1 aromatic carbocycles. The zero-order chi connectivity index (χ0) is 16.3. The van der Waals surface area contributed by atoms with Gasteiger partial charge >= 0.3 is 0 Å². The Morgan fingerprint density at radius 1 is 1.27 bits per heavy atom. The molecule has 1 fully saturated rings. The molecular weight excluding hydrogens is 294 g/mol. The van der Waals surface area contributed by atoms with E-state index in [1.54, 1.807) is 0 Å². The molecule has 2 rings (SSSR count). The first kappa shape index (κ1) is 16.4. The molecule has 5 nitrogen and oxygen atoms in total. The van der Waals surface area contributed by atoms with Crippen LogP contribution in [0.2, 0.25) is 0 Å². The minimum atomic E-state index is -0.797. The third-order valence-electron chi connectivity index (χ3n) is 3.70. The van der Waals surface area contributed by atoms with Crippen molar-refractivity contribution in [3.8, 4) is 0 Å². The fourth-order valence-electron chi connectivity index (χ4n) is 2.63. The Balaban J connectivity index is 1.92. The highest BCUT2D eigenvalue weighted by Gasteiger charge is 2.33. The van der Waals surface area contributed by atoms with Crippen LogP contribution in [-0.2, 0) is 9.59 Å². The number of carbonyl (C=O) groups is 2. The number of likely N-dealkylation sites (N-methyl/N-ethyl adjacent to an activating group) is 1. The predicted molar refractivity (Wildman–Crippen MR) is 76.0 cm³/mol. The first-order chi connectivity index (χ1) is 10.4. The van der Waals surface area contributed by atoms with Crippen LogP contribution in [0.25, 0.3) is 0 Å². The summed E-state index contributed by atoms with van der Waals surface area (Å²) < 4.78 is 26.1. The molecule has 2 amide bonds. The summed E-state index contributed by atoms with van der Waals surface area (Å²) in [5.41, 5.74) is -0.00995. The van der Waals surface area contributed by atoms with Gasteiger partial charge in [0.25, 0.3) is 0 Å². The molecule has 0 radical (unpaired) electrons. The third kappa shape index (κ3) is 4.00. The smallest absolute Gasteiger partial charge is 0.243 e. The molecule has 0 spiro atoms.